The van der Waals surface area contributed by atoms with Gasteiger partial charge in [-0.15, -0.1) is 0 Å². The predicted molar refractivity (Wildman–Crippen MR) is 56.7 cm³/mol. The number of carbonyl (C=O) groups is 1. The normalized spacial score (nSPS) is 13.4. The summed E-state index contributed by atoms with van der Waals surface area (Å²) in [6.07, 6.45) is -0.456. The Hall–Kier alpha value is -0.810. The summed E-state index contributed by atoms with van der Waals surface area (Å²) >= 11 is 0. The van der Waals surface area contributed by atoms with E-state index in [9.17, 15) is 4.79 Å². The number of amides is 1. The van der Waals surface area contributed by atoms with E-state index >= 15 is 0 Å². The predicted octanol–water partition coefficient (Wildman–Crippen LogP) is 0.908. The number of ether oxygens (including phenoxy) is 2. The molecule has 0 spiro atoms. The third-order valence-electron chi connectivity index (χ3n) is 1.37. The lowest BCUT2D eigenvalue weighted by Gasteiger charge is -2.21. The van der Waals surface area contributed by atoms with Gasteiger partial charge >= 0.3 is 6.09 Å². The fourth-order valence-corrected chi connectivity index (χ4v) is 0.875. The van der Waals surface area contributed by atoms with Crippen molar-refractivity contribution < 1.29 is 19.4 Å². The first-order chi connectivity index (χ1) is 6.85. The summed E-state index contributed by atoms with van der Waals surface area (Å²) in [5.74, 6) is 0. The highest BCUT2D eigenvalue weighted by molar-refractivity contribution is 5.68. The summed E-state index contributed by atoms with van der Waals surface area (Å²) < 4.78 is 10.1. The average molecular weight is 219 g/mol. The zero-order valence-electron chi connectivity index (χ0n) is 9.87. The van der Waals surface area contributed by atoms with Crippen LogP contribution in [0.4, 0.5) is 4.79 Å². The monoisotopic (exact) mass is 219 g/mol. The van der Waals surface area contributed by atoms with Gasteiger partial charge in [-0.1, -0.05) is 0 Å². The first-order valence-electron chi connectivity index (χ1n) is 5.03. The molecule has 0 aromatic carbocycles. The van der Waals surface area contributed by atoms with Gasteiger partial charge in [-0.3, -0.25) is 0 Å². The zero-order chi connectivity index (χ0) is 11.9. The molecule has 0 aromatic rings. The van der Waals surface area contributed by atoms with Crippen LogP contribution >= 0.6 is 0 Å². The molecule has 90 valence electrons. The number of hydrogen-bond donors (Lipinski definition) is 2. The van der Waals surface area contributed by atoms with Crippen LogP contribution in [0.3, 0.4) is 0 Å². The van der Waals surface area contributed by atoms with Crippen LogP contribution in [0.5, 0.6) is 0 Å². The molecule has 0 saturated carbocycles. The van der Waals surface area contributed by atoms with Crippen LogP contribution in [0.2, 0.25) is 0 Å². The maximum absolute atomic E-state index is 11.3. The number of rotatable bonds is 5. The van der Waals surface area contributed by atoms with E-state index in [0.717, 1.165) is 0 Å². The number of nitrogens with one attached hydrogen (secondary N) is 1. The van der Waals surface area contributed by atoms with Gasteiger partial charge in [-0.25, -0.2) is 4.79 Å². The molecule has 0 bridgehead atoms. The minimum Gasteiger partial charge on any atom is -0.444 e. The minimum absolute atomic E-state index is 0.0147. The maximum atomic E-state index is 11.3. The molecule has 0 aliphatic heterocycles. The number of alkyl carbamates (subject to hydrolysis) is 1. The molecule has 1 amide bonds. The van der Waals surface area contributed by atoms with Gasteiger partial charge in [0.2, 0.25) is 0 Å². The number of carbonyl (C=O) groups excluding carboxylic acids is 1. The minimum atomic E-state index is -0.490. The SMILES string of the molecule is C[C@@H](COCCO)NC(=O)OC(C)(C)C. The van der Waals surface area contributed by atoms with E-state index in [-0.39, 0.29) is 19.3 Å². The molecule has 0 saturated heterocycles. The average Bonchev–Trinajstić information content (AvgIpc) is 2.00. The Morgan fingerprint density at radius 2 is 2.07 bits per heavy atom. The van der Waals surface area contributed by atoms with Gasteiger partial charge in [0.05, 0.1) is 25.9 Å². The Bertz CT molecular complexity index is 188. The number of hydrogen-bond acceptors (Lipinski definition) is 4. The summed E-state index contributed by atoms with van der Waals surface area (Å²) in [4.78, 5) is 11.3. The van der Waals surface area contributed by atoms with Crippen molar-refractivity contribution in [2.24, 2.45) is 0 Å². The van der Waals surface area contributed by atoms with E-state index in [1.54, 1.807) is 27.7 Å². The lowest BCUT2D eigenvalue weighted by molar-refractivity contribution is 0.0425. The van der Waals surface area contributed by atoms with Gasteiger partial charge in [0.25, 0.3) is 0 Å². The van der Waals surface area contributed by atoms with Crippen molar-refractivity contribution in [3.63, 3.8) is 0 Å². The van der Waals surface area contributed by atoms with Crippen molar-refractivity contribution >= 4 is 6.09 Å². The fourth-order valence-electron chi connectivity index (χ4n) is 0.875. The van der Waals surface area contributed by atoms with Gasteiger partial charge in [-0.2, -0.15) is 0 Å². The van der Waals surface area contributed by atoms with Crippen LogP contribution in [-0.4, -0.2) is 42.7 Å². The Kier molecular flexibility index (Phi) is 6.27. The summed E-state index contributed by atoms with van der Waals surface area (Å²) in [6, 6.07) is -0.133. The van der Waals surface area contributed by atoms with Crippen molar-refractivity contribution in [2.45, 2.75) is 39.3 Å². The molecule has 2 N–H and O–H groups in total. The van der Waals surface area contributed by atoms with E-state index in [4.69, 9.17) is 14.6 Å². The van der Waals surface area contributed by atoms with Crippen LogP contribution < -0.4 is 5.32 Å². The van der Waals surface area contributed by atoms with E-state index in [0.29, 0.717) is 6.61 Å². The molecule has 0 aliphatic rings. The van der Waals surface area contributed by atoms with Crippen molar-refractivity contribution in [3.05, 3.63) is 0 Å². The van der Waals surface area contributed by atoms with Crippen molar-refractivity contribution in [2.75, 3.05) is 19.8 Å². The van der Waals surface area contributed by atoms with E-state index < -0.39 is 11.7 Å². The topological polar surface area (TPSA) is 67.8 Å². The Morgan fingerprint density at radius 3 is 2.53 bits per heavy atom. The zero-order valence-corrected chi connectivity index (χ0v) is 9.87. The number of aliphatic hydroxyl groups excluding tert-OH is 1. The molecule has 0 fully saturated rings. The second-order valence-electron chi connectivity index (χ2n) is 4.35. The Balaban J connectivity index is 3.67. The molecule has 0 heterocycles. The molecule has 5 nitrogen and oxygen atoms in total. The first-order valence-corrected chi connectivity index (χ1v) is 5.03. The lowest BCUT2D eigenvalue weighted by atomic mass is 10.2. The van der Waals surface area contributed by atoms with Crippen LogP contribution in [0.15, 0.2) is 0 Å². The van der Waals surface area contributed by atoms with Gasteiger partial charge < -0.3 is 19.9 Å². The standard InChI is InChI=1S/C10H21NO4/c1-8(7-14-6-5-12)11-9(13)15-10(2,3)4/h8,12H,5-7H2,1-4H3,(H,11,13)/t8-/m0/s1. The molecule has 0 radical (unpaired) electrons. The third-order valence-corrected chi connectivity index (χ3v) is 1.37. The van der Waals surface area contributed by atoms with Gasteiger partial charge in [0.15, 0.2) is 0 Å². The summed E-state index contributed by atoms with van der Waals surface area (Å²) in [7, 11) is 0. The van der Waals surface area contributed by atoms with E-state index in [1.807, 2.05) is 0 Å². The van der Waals surface area contributed by atoms with Crippen molar-refractivity contribution in [3.8, 4) is 0 Å². The Labute approximate surface area is 90.8 Å². The molecule has 15 heavy (non-hydrogen) atoms. The molecule has 0 unspecified atom stereocenters. The molecule has 5 heteroatoms. The molecule has 0 aliphatic carbocycles. The highest BCUT2D eigenvalue weighted by Gasteiger charge is 2.17. The van der Waals surface area contributed by atoms with Crippen LogP contribution in [0.1, 0.15) is 27.7 Å². The lowest BCUT2D eigenvalue weighted by Crippen LogP contribution is -2.39. The van der Waals surface area contributed by atoms with Gasteiger partial charge in [0.1, 0.15) is 5.60 Å². The largest absolute Gasteiger partial charge is 0.444 e. The Morgan fingerprint density at radius 1 is 1.47 bits per heavy atom. The van der Waals surface area contributed by atoms with E-state index in [2.05, 4.69) is 5.32 Å². The van der Waals surface area contributed by atoms with Crippen LogP contribution in [0.25, 0.3) is 0 Å². The van der Waals surface area contributed by atoms with Gasteiger partial charge in [0, 0.05) is 0 Å². The molecular weight excluding hydrogens is 198 g/mol. The smallest absolute Gasteiger partial charge is 0.407 e. The third kappa shape index (κ3) is 9.49. The highest BCUT2D eigenvalue weighted by Crippen LogP contribution is 2.06. The second kappa shape index (κ2) is 6.63. The summed E-state index contributed by atoms with van der Waals surface area (Å²) in [6.45, 7) is 7.85. The second-order valence-corrected chi connectivity index (χ2v) is 4.35. The molecule has 1 atom stereocenters. The first kappa shape index (κ1) is 14.2. The highest BCUT2D eigenvalue weighted by atomic mass is 16.6. The van der Waals surface area contributed by atoms with E-state index in [1.165, 1.54) is 0 Å². The van der Waals surface area contributed by atoms with Gasteiger partial charge in [-0.05, 0) is 27.7 Å². The van der Waals surface area contributed by atoms with Crippen LogP contribution in [-0.2, 0) is 9.47 Å². The number of aliphatic hydroxyl groups is 1. The summed E-state index contributed by atoms with van der Waals surface area (Å²) in [5, 5.41) is 11.1. The summed E-state index contributed by atoms with van der Waals surface area (Å²) in [5.41, 5.74) is -0.490. The quantitative estimate of drug-likeness (QED) is 0.674. The van der Waals surface area contributed by atoms with Crippen molar-refractivity contribution in [1.29, 1.82) is 0 Å². The molecule has 0 rings (SSSR count). The maximum Gasteiger partial charge on any atom is 0.407 e. The fraction of sp³-hybridized carbons (Fsp3) is 0.900. The molecule has 0 aromatic heterocycles. The molecular formula is C10H21NO4. The van der Waals surface area contributed by atoms with Crippen LogP contribution in [0, 0.1) is 0 Å². The van der Waals surface area contributed by atoms with Crippen molar-refractivity contribution in [1.82, 2.24) is 5.32 Å².